The molecule has 13 heavy (non-hydrogen) atoms. The number of hydrogen-bond donors (Lipinski definition) is 2. The van der Waals surface area contributed by atoms with Gasteiger partial charge in [0.05, 0.1) is 29.7 Å². The first kappa shape index (κ1) is 10.3. The summed E-state index contributed by atoms with van der Waals surface area (Å²) in [4.78, 5) is 4.65. The number of anilines is 1. The highest BCUT2D eigenvalue weighted by Gasteiger charge is 2.04. The lowest BCUT2D eigenvalue weighted by Gasteiger charge is -2.03. The Hall–Kier alpha value is -0.820. The maximum atomic E-state index is 13.1. The van der Waals surface area contributed by atoms with Crippen molar-refractivity contribution >= 4 is 17.7 Å². The summed E-state index contributed by atoms with van der Waals surface area (Å²) >= 11 is 0.800. The van der Waals surface area contributed by atoms with E-state index in [1.165, 1.54) is 19.2 Å². The van der Waals surface area contributed by atoms with Crippen LogP contribution in [-0.2, 0) is 9.22 Å². The van der Waals surface area contributed by atoms with E-state index in [1.54, 1.807) is 6.07 Å². The normalized spacial score (nSPS) is 10.1. The van der Waals surface area contributed by atoms with Gasteiger partial charge in [0.1, 0.15) is 5.82 Å². The zero-order valence-electron chi connectivity index (χ0n) is 6.91. The number of halogens is 1. The molecule has 0 aliphatic rings. The van der Waals surface area contributed by atoms with Gasteiger partial charge < -0.3 is 5.43 Å². The molecule has 1 rings (SSSR count). The van der Waals surface area contributed by atoms with Crippen LogP contribution in [0.4, 0.5) is 10.1 Å². The van der Waals surface area contributed by atoms with Gasteiger partial charge in [-0.3, -0.25) is 5.84 Å². The highest BCUT2D eigenvalue weighted by molar-refractivity contribution is 7.94. The van der Waals surface area contributed by atoms with Gasteiger partial charge in [0.25, 0.3) is 0 Å². The average molecular weight is 204 g/mol. The molecular weight excluding hydrogens is 195 g/mol. The second-order valence-corrected chi connectivity index (χ2v) is 2.85. The second kappa shape index (κ2) is 5.03. The lowest BCUT2D eigenvalue weighted by molar-refractivity contribution is -0.160. The monoisotopic (exact) mass is 204 g/mol. The highest BCUT2D eigenvalue weighted by atomic mass is 32.2. The first-order valence-corrected chi connectivity index (χ1v) is 4.15. The molecule has 0 amide bonds. The van der Waals surface area contributed by atoms with Crippen LogP contribution in [0.1, 0.15) is 0 Å². The predicted octanol–water partition coefficient (Wildman–Crippen LogP) is 1.70. The Kier molecular flexibility index (Phi) is 3.97. The summed E-state index contributed by atoms with van der Waals surface area (Å²) in [5.74, 6) is 4.67. The summed E-state index contributed by atoms with van der Waals surface area (Å²) in [7, 11) is 1.35. The second-order valence-electron chi connectivity index (χ2n) is 2.11. The fourth-order valence-electron chi connectivity index (χ4n) is 0.729. The summed E-state index contributed by atoms with van der Waals surface area (Å²) in [5.41, 5.74) is 2.83. The van der Waals surface area contributed by atoms with E-state index in [2.05, 4.69) is 14.6 Å². The van der Waals surface area contributed by atoms with E-state index in [9.17, 15) is 4.39 Å². The zero-order chi connectivity index (χ0) is 9.68. The standard InChI is InChI=1S/C7H9FN2O2S/c1-11-12-13-7-3-2-5(10-9)4-6(7)8/h2-4,10H,9H2,1H3. The van der Waals surface area contributed by atoms with E-state index in [1.807, 2.05) is 0 Å². The molecule has 1 aromatic carbocycles. The molecule has 0 atom stereocenters. The van der Waals surface area contributed by atoms with Crippen molar-refractivity contribution in [1.82, 2.24) is 0 Å². The van der Waals surface area contributed by atoms with Crippen LogP contribution in [0, 0.1) is 5.82 Å². The van der Waals surface area contributed by atoms with Crippen LogP contribution in [0.3, 0.4) is 0 Å². The topological polar surface area (TPSA) is 56.5 Å². The van der Waals surface area contributed by atoms with Gasteiger partial charge in [-0.25, -0.2) is 9.28 Å². The van der Waals surface area contributed by atoms with Crippen molar-refractivity contribution in [3.63, 3.8) is 0 Å². The van der Waals surface area contributed by atoms with E-state index < -0.39 is 5.82 Å². The lowest BCUT2D eigenvalue weighted by Crippen LogP contribution is -2.06. The highest BCUT2D eigenvalue weighted by Crippen LogP contribution is 2.24. The molecule has 6 heteroatoms. The maximum Gasteiger partial charge on any atom is 0.141 e. The number of nitrogens with one attached hydrogen (secondary N) is 1. The molecule has 3 N–H and O–H groups in total. The zero-order valence-corrected chi connectivity index (χ0v) is 7.73. The fraction of sp³-hybridized carbons (Fsp3) is 0.143. The van der Waals surface area contributed by atoms with Crippen molar-refractivity contribution in [2.24, 2.45) is 5.84 Å². The third-order valence-corrected chi connectivity index (χ3v) is 2.01. The van der Waals surface area contributed by atoms with Gasteiger partial charge in [-0.15, -0.1) is 0 Å². The Bertz CT molecular complexity index is 285. The molecule has 0 saturated heterocycles. The third-order valence-electron chi connectivity index (χ3n) is 1.29. The summed E-state index contributed by atoms with van der Waals surface area (Å²) < 4.78 is 17.6. The van der Waals surface area contributed by atoms with Gasteiger partial charge in [0.2, 0.25) is 0 Å². The van der Waals surface area contributed by atoms with Crippen molar-refractivity contribution in [3.05, 3.63) is 24.0 Å². The first-order valence-electron chi connectivity index (χ1n) is 3.41. The van der Waals surface area contributed by atoms with E-state index in [0.717, 1.165) is 12.0 Å². The van der Waals surface area contributed by atoms with Gasteiger partial charge in [0.15, 0.2) is 0 Å². The Balaban J connectivity index is 2.73. The Labute approximate surface area is 79.3 Å². The summed E-state index contributed by atoms with van der Waals surface area (Å²) in [6, 6.07) is 4.43. The van der Waals surface area contributed by atoms with E-state index in [-0.39, 0.29) is 0 Å². The van der Waals surface area contributed by atoms with Crippen LogP contribution in [0.2, 0.25) is 0 Å². The molecule has 1 aromatic rings. The first-order chi connectivity index (χ1) is 6.27. The van der Waals surface area contributed by atoms with Crippen LogP contribution in [0.25, 0.3) is 0 Å². The number of hydrazine groups is 1. The molecule has 0 heterocycles. The lowest BCUT2D eigenvalue weighted by atomic mass is 10.3. The van der Waals surface area contributed by atoms with Crippen molar-refractivity contribution in [1.29, 1.82) is 0 Å². The SMILES string of the molecule is COOSc1ccc(NN)cc1F. The van der Waals surface area contributed by atoms with Crippen molar-refractivity contribution in [2.75, 3.05) is 12.5 Å². The van der Waals surface area contributed by atoms with Crippen LogP contribution in [-0.4, -0.2) is 7.11 Å². The summed E-state index contributed by atoms with van der Waals surface area (Å²) in [6.07, 6.45) is 0. The quantitative estimate of drug-likeness (QED) is 0.338. The average Bonchev–Trinajstić information content (AvgIpc) is 2.16. The van der Waals surface area contributed by atoms with Gasteiger partial charge >= 0.3 is 0 Å². The van der Waals surface area contributed by atoms with Crippen LogP contribution in [0.5, 0.6) is 0 Å². The van der Waals surface area contributed by atoms with Crippen LogP contribution < -0.4 is 11.3 Å². The van der Waals surface area contributed by atoms with Crippen LogP contribution >= 0.6 is 12.0 Å². The van der Waals surface area contributed by atoms with Gasteiger partial charge in [-0.1, -0.05) is 0 Å². The molecule has 0 aliphatic heterocycles. The molecule has 0 saturated carbocycles. The largest absolute Gasteiger partial charge is 0.324 e. The number of nitrogen functional groups attached to an aromatic ring is 1. The Morgan fingerprint density at radius 1 is 1.54 bits per heavy atom. The molecule has 0 aliphatic carbocycles. The number of benzene rings is 1. The van der Waals surface area contributed by atoms with Gasteiger partial charge in [-0.2, -0.15) is 4.33 Å². The van der Waals surface area contributed by atoms with Crippen LogP contribution in [0.15, 0.2) is 23.1 Å². The minimum Gasteiger partial charge on any atom is -0.324 e. The maximum absolute atomic E-state index is 13.1. The minimum atomic E-state index is -0.419. The van der Waals surface area contributed by atoms with Crippen molar-refractivity contribution in [3.8, 4) is 0 Å². The Morgan fingerprint density at radius 2 is 2.31 bits per heavy atom. The molecular formula is C7H9FN2O2S. The Morgan fingerprint density at radius 3 is 2.85 bits per heavy atom. The number of nitrogens with two attached hydrogens (primary N) is 1. The minimum absolute atomic E-state index is 0.334. The molecule has 4 nitrogen and oxygen atoms in total. The van der Waals surface area contributed by atoms with E-state index in [4.69, 9.17) is 5.84 Å². The summed E-state index contributed by atoms with van der Waals surface area (Å²) in [5, 5.41) is 0. The molecule has 0 unspecified atom stereocenters. The third kappa shape index (κ3) is 2.85. The number of rotatable bonds is 4. The molecule has 72 valence electrons. The van der Waals surface area contributed by atoms with E-state index in [0.29, 0.717) is 10.6 Å². The predicted molar refractivity (Wildman–Crippen MR) is 48.2 cm³/mol. The van der Waals surface area contributed by atoms with Gasteiger partial charge in [-0.05, 0) is 18.2 Å². The number of hydrogen-bond acceptors (Lipinski definition) is 5. The molecule has 0 bridgehead atoms. The van der Waals surface area contributed by atoms with E-state index >= 15 is 0 Å². The fourth-order valence-corrected chi connectivity index (χ4v) is 1.13. The van der Waals surface area contributed by atoms with Crippen molar-refractivity contribution in [2.45, 2.75) is 4.90 Å². The molecule has 0 spiro atoms. The summed E-state index contributed by atoms with van der Waals surface area (Å²) in [6.45, 7) is 0. The molecule has 0 aromatic heterocycles. The molecule has 0 fully saturated rings. The molecule has 0 radical (unpaired) electrons. The van der Waals surface area contributed by atoms with Crippen molar-refractivity contribution < 1.29 is 13.6 Å². The van der Waals surface area contributed by atoms with Gasteiger partial charge in [0, 0.05) is 0 Å². The smallest absolute Gasteiger partial charge is 0.141 e.